The number of nitrogens with zero attached hydrogens (tertiary/aromatic N) is 4. The molecule has 0 saturated carbocycles. The molecule has 3 heterocycles. The second-order valence-corrected chi connectivity index (χ2v) is 7.21. The molecule has 3 aromatic heterocycles. The Morgan fingerprint density at radius 1 is 1.12 bits per heavy atom. The van der Waals surface area contributed by atoms with E-state index >= 15 is 0 Å². The van der Waals surface area contributed by atoms with E-state index in [0.29, 0.717) is 11.5 Å². The van der Waals surface area contributed by atoms with Crippen LogP contribution in [-0.2, 0) is 10.0 Å². The van der Waals surface area contributed by atoms with E-state index in [1.165, 1.54) is 6.07 Å². The number of hydrogen-bond acceptors (Lipinski definition) is 6. The second kappa shape index (κ2) is 5.64. The molecule has 0 unspecified atom stereocenters. The molecule has 0 radical (unpaired) electrons. The van der Waals surface area contributed by atoms with Gasteiger partial charge >= 0.3 is 0 Å². The van der Waals surface area contributed by atoms with Crippen molar-refractivity contribution in [2.75, 3.05) is 6.54 Å². The van der Waals surface area contributed by atoms with Gasteiger partial charge in [-0.3, -0.25) is 0 Å². The van der Waals surface area contributed by atoms with Gasteiger partial charge in [-0.25, -0.2) is 13.1 Å². The highest BCUT2D eigenvalue weighted by Gasteiger charge is 2.21. The fourth-order valence-corrected chi connectivity index (χ4v) is 3.71. The average Bonchev–Trinajstić information content (AvgIpc) is 3.22. The maximum absolute atomic E-state index is 12.0. The number of sulfonamides is 1. The van der Waals surface area contributed by atoms with Crippen molar-refractivity contribution >= 4 is 26.4 Å². The molecule has 1 N–H and O–H groups in total. The van der Waals surface area contributed by atoms with Gasteiger partial charge in [-0.05, 0) is 19.1 Å². The smallest absolute Gasteiger partial charge is 0.273 e. The number of benzene rings is 1. The summed E-state index contributed by atoms with van der Waals surface area (Å²) in [6.45, 7) is 3.87. The molecule has 4 rings (SSSR count). The summed E-state index contributed by atoms with van der Waals surface area (Å²) in [6.07, 6.45) is 0. The van der Waals surface area contributed by atoms with E-state index in [-0.39, 0.29) is 17.4 Å². The lowest BCUT2D eigenvalue weighted by Crippen LogP contribution is -2.22. The normalized spacial score (nSPS) is 12.2. The third kappa shape index (κ3) is 2.48. The van der Waals surface area contributed by atoms with Crippen LogP contribution in [-0.4, -0.2) is 34.8 Å². The van der Waals surface area contributed by atoms with Gasteiger partial charge in [0, 0.05) is 17.3 Å². The number of rotatable bonds is 4. The maximum atomic E-state index is 12.0. The number of hydrogen-bond donors (Lipinski definition) is 1. The van der Waals surface area contributed by atoms with Crippen LogP contribution in [0.4, 0.5) is 0 Å². The highest BCUT2D eigenvalue weighted by Crippen LogP contribution is 2.26. The molecule has 4 aromatic rings. The van der Waals surface area contributed by atoms with Crippen LogP contribution in [0.5, 0.6) is 0 Å². The minimum Gasteiger partial charge on any atom is -0.440 e. The summed E-state index contributed by atoms with van der Waals surface area (Å²) in [4.78, 5) is 0. The van der Waals surface area contributed by atoms with Crippen LogP contribution in [0.3, 0.4) is 0 Å². The molecule has 0 saturated heterocycles. The fourth-order valence-electron chi connectivity index (χ4n) is 2.74. The van der Waals surface area contributed by atoms with Crippen molar-refractivity contribution in [3.8, 4) is 11.6 Å². The molecule has 0 spiro atoms. The molecule has 0 aliphatic carbocycles. The lowest BCUT2D eigenvalue weighted by atomic mass is 10.1. The predicted molar refractivity (Wildman–Crippen MR) is 91.6 cm³/mol. The summed E-state index contributed by atoms with van der Waals surface area (Å²) < 4.78 is 33.5. The molecule has 128 valence electrons. The van der Waals surface area contributed by atoms with Gasteiger partial charge in [0.25, 0.3) is 10.0 Å². The first-order valence-corrected chi connectivity index (χ1v) is 9.20. The molecule has 0 aliphatic heterocycles. The highest BCUT2D eigenvalue weighted by molar-refractivity contribution is 7.89. The minimum absolute atomic E-state index is 0.168. The topological polar surface area (TPSA) is 102 Å². The van der Waals surface area contributed by atoms with Gasteiger partial charge in [0.05, 0.1) is 5.69 Å². The van der Waals surface area contributed by atoms with E-state index in [1.807, 2.05) is 31.2 Å². The third-order valence-electron chi connectivity index (χ3n) is 3.85. The molecular formula is C16H15N5O3S. The first-order chi connectivity index (χ1) is 12.0. The first kappa shape index (κ1) is 15.7. The number of aromatic nitrogens is 4. The molecule has 0 amide bonds. The number of aryl methyl sites for hydroxylation is 1. The number of nitrogens with one attached hydrogen (secondary N) is 1. The largest absolute Gasteiger partial charge is 0.440 e. The summed E-state index contributed by atoms with van der Waals surface area (Å²) in [5, 5.41) is 14.6. The SMILES string of the molecule is CCNS(=O)(=O)c1ccc(-c2nnc3c4ccccc4c(C)nn23)o1. The van der Waals surface area contributed by atoms with Gasteiger partial charge in [-0.1, -0.05) is 31.2 Å². The standard InChI is InChI=1S/C16H15N5O3S/c1-3-17-25(22,23)14-9-8-13(24-14)16-19-18-15-12-7-5-4-6-11(12)10(2)20-21(15)16/h4-9,17H,3H2,1-2H3. The zero-order chi connectivity index (χ0) is 17.6. The van der Waals surface area contributed by atoms with Crippen molar-refractivity contribution in [1.82, 2.24) is 24.5 Å². The van der Waals surface area contributed by atoms with E-state index in [9.17, 15) is 8.42 Å². The van der Waals surface area contributed by atoms with Gasteiger partial charge < -0.3 is 4.42 Å². The lowest BCUT2D eigenvalue weighted by molar-refractivity contribution is 0.453. The monoisotopic (exact) mass is 357 g/mol. The quantitative estimate of drug-likeness (QED) is 0.600. The fraction of sp³-hybridized carbons (Fsp3) is 0.188. The molecule has 0 aliphatic rings. The summed E-state index contributed by atoms with van der Waals surface area (Å²) in [5.74, 6) is 0.632. The summed E-state index contributed by atoms with van der Waals surface area (Å²) in [5.41, 5.74) is 1.40. The van der Waals surface area contributed by atoms with Crippen molar-refractivity contribution in [1.29, 1.82) is 0 Å². The van der Waals surface area contributed by atoms with E-state index in [0.717, 1.165) is 16.5 Å². The Hall–Kier alpha value is -2.78. The highest BCUT2D eigenvalue weighted by atomic mass is 32.2. The molecule has 0 bridgehead atoms. The zero-order valence-electron chi connectivity index (χ0n) is 13.6. The van der Waals surface area contributed by atoms with Crippen molar-refractivity contribution in [2.24, 2.45) is 0 Å². The van der Waals surface area contributed by atoms with Crippen molar-refractivity contribution in [2.45, 2.75) is 18.9 Å². The van der Waals surface area contributed by atoms with Gasteiger partial charge in [0.15, 0.2) is 11.4 Å². The zero-order valence-corrected chi connectivity index (χ0v) is 14.4. The van der Waals surface area contributed by atoms with Crippen molar-refractivity contribution < 1.29 is 12.8 Å². The molecule has 1 aromatic carbocycles. The average molecular weight is 357 g/mol. The van der Waals surface area contributed by atoms with Crippen LogP contribution < -0.4 is 4.72 Å². The Labute approximate surface area is 143 Å². The third-order valence-corrected chi connectivity index (χ3v) is 5.27. The van der Waals surface area contributed by atoms with Crippen molar-refractivity contribution in [3.63, 3.8) is 0 Å². The Morgan fingerprint density at radius 2 is 1.88 bits per heavy atom. The molecule has 9 heteroatoms. The van der Waals surface area contributed by atoms with Gasteiger partial charge in [-0.2, -0.15) is 9.61 Å². The van der Waals surface area contributed by atoms with Gasteiger partial charge in [0.2, 0.25) is 10.9 Å². The first-order valence-electron chi connectivity index (χ1n) is 7.72. The molecule has 0 fully saturated rings. The minimum atomic E-state index is -3.67. The summed E-state index contributed by atoms with van der Waals surface area (Å²) in [6, 6.07) is 10.7. The Kier molecular flexibility index (Phi) is 3.55. The molecular weight excluding hydrogens is 342 g/mol. The Bertz CT molecular complexity index is 1190. The number of furan rings is 1. The predicted octanol–water partition coefficient (Wildman–Crippen LogP) is 2.14. The number of fused-ring (bicyclic) bond motifs is 3. The maximum Gasteiger partial charge on any atom is 0.273 e. The van der Waals surface area contributed by atoms with Crippen molar-refractivity contribution in [3.05, 3.63) is 42.1 Å². The van der Waals surface area contributed by atoms with Crippen LogP contribution in [0.2, 0.25) is 0 Å². The van der Waals surface area contributed by atoms with Gasteiger partial charge in [-0.15, -0.1) is 10.2 Å². The Morgan fingerprint density at radius 3 is 2.64 bits per heavy atom. The van der Waals surface area contributed by atoms with E-state index in [2.05, 4.69) is 20.0 Å². The van der Waals surface area contributed by atoms with Crippen LogP contribution in [0, 0.1) is 6.92 Å². The summed E-state index contributed by atoms with van der Waals surface area (Å²) in [7, 11) is -3.67. The van der Waals surface area contributed by atoms with E-state index < -0.39 is 10.0 Å². The molecule has 0 atom stereocenters. The molecule has 8 nitrogen and oxygen atoms in total. The lowest BCUT2D eigenvalue weighted by Gasteiger charge is -2.04. The Balaban J connectivity index is 1.90. The van der Waals surface area contributed by atoms with Crippen LogP contribution in [0.25, 0.3) is 28.0 Å². The second-order valence-electron chi connectivity index (χ2n) is 5.51. The van der Waals surface area contributed by atoms with Gasteiger partial charge in [0.1, 0.15) is 0 Å². The summed E-state index contributed by atoms with van der Waals surface area (Å²) >= 11 is 0. The molecule has 25 heavy (non-hydrogen) atoms. The van der Waals surface area contributed by atoms with E-state index in [4.69, 9.17) is 4.42 Å². The van der Waals surface area contributed by atoms with Crippen LogP contribution in [0.15, 0.2) is 45.9 Å². The van der Waals surface area contributed by atoms with Crippen LogP contribution in [0.1, 0.15) is 12.6 Å². The van der Waals surface area contributed by atoms with E-state index in [1.54, 1.807) is 17.5 Å². The van der Waals surface area contributed by atoms with Crippen LogP contribution >= 0.6 is 0 Å².